The monoisotopic (exact) mass is 181 g/mol. The van der Waals surface area contributed by atoms with Crippen LogP contribution in [0.15, 0.2) is 0 Å². The number of fused-ring (bicyclic) bond motifs is 3. The van der Waals surface area contributed by atoms with E-state index in [4.69, 9.17) is 5.73 Å². The number of ketones is 1. The maximum Gasteiger partial charge on any atom is 0.141 e. The van der Waals surface area contributed by atoms with Crippen molar-refractivity contribution >= 4 is 5.78 Å². The molecule has 0 spiro atoms. The first-order chi connectivity index (χ1) is 5.79. The molecule has 3 fully saturated rings. The van der Waals surface area contributed by atoms with Gasteiger partial charge in [-0.1, -0.05) is 20.8 Å². The second-order valence-corrected chi connectivity index (χ2v) is 5.86. The molecule has 3 rings (SSSR count). The molecule has 0 aromatic rings. The summed E-state index contributed by atoms with van der Waals surface area (Å²) in [6.07, 6.45) is 3.61. The topological polar surface area (TPSA) is 43.1 Å². The Hall–Kier alpha value is -0.370. The van der Waals surface area contributed by atoms with Crippen molar-refractivity contribution in [3.05, 3.63) is 0 Å². The van der Waals surface area contributed by atoms with Gasteiger partial charge in [0.05, 0.1) is 0 Å². The van der Waals surface area contributed by atoms with Gasteiger partial charge in [-0.2, -0.15) is 0 Å². The van der Waals surface area contributed by atoms with Crippen molar-refractivity contribution in [1.29, 1.82) is 0 Å². The summed E-state index contributed by atoms with van der Waals surface area (Å²) in [6.45, 7) is 6.49. The summed E-state index contributed by atoms with van der Waals surface area (Å²) >= 11 is 0. The molecular weight excluding hydrogens is 162 g/mol. The third-order valence-electron chi connectivity index (χ3n) is 4.54. The molecule has 0 aliphatic heterocycles. The predicted molar refractivity (Wildman–Crippen MR) is 52.3 cm³/mol. The van der Waals surface area contributed by atoms with E-state index in [2.05, 4.69) is 20.8 Å². The van der Waals surface area contributed by atoms with Gasteiger partial charge in [-0.3, -0.25) is 4.79 Å². The first-order valence-electron chi connectivity index (χ1n) is 5.11. The lowest BCUT2D eigenvalue weighted by Gasteiger charge is -2.58. The van der Waals surface area contributed by atoms with Gasteiger partial charge in [-0.15, -0.1) is 0 Å². The van der Waals surface area contributed by atoms with Crippen molar-refractivity contribution in [1.82, 2.24) is 0 Å². The molecule has 2 bridgehead atoms. The molecule has 3 aliphatic carbocycles. The van der Waals surface area contributed by atoms with Crippen LogP contribution in [-0.4, -0.2) is 11.3 Å². The lowest BCUT2D eigenvalue weighted by Crippen LogP contribution is -2.63. The summed E-state index contributed by atoms with van der Waals surface area (Å²) in [7, 11) is 0. The minimum absolute atomic E-state index is 0.0926. The Kier molecular flexibility index (Phi) is 1.53. The number of hydrogen-bond acceptors (Lipinski definition) is 2. The fourth-order valence-electron chi connectivity index (χ4n) is 3.18. The van der Waals surface area contributed by atoms with E-state index in [-0.39, 0.29) is 16.4 Å². The van der Waals surface area contributed by atoms with Crippen molar-refractivity contribution in [3.63, 3.8) is 0 Å². The van der Waals surface area contributed by atoms with Crippen LogP contribution in [0.4, 0.5) is 0 Å². The first-order valence-corrected chi connectivity index (χ1v) is 5.11. The van der Waals surface area contributed by atoms with Gasteiger partial charge in [-0.25, -0.2) is 0 Å². The van der Waals surface area contributed by atoms with Crippen molar-refractivity contribution in [3.8, 4) is 0 Å². The van der Waals surface area contributed by atoms with Crippen LogP contribution < -0.4 is 5.73 Å². The number of carbonyl (C=O) groups excluding carboxylic acids is 1. The second kappa shape index (κ2) is 2.17. The highest BCUT2D eigenvalue weighted by Crippen LogP contribution is 2.58. The van der Waals surface area contributed by atoms with Crippen LogP contribution >= 0.6 is 0 Å². The van der Waals surface area contributed by atoms with Crippen LogP contribution in [-0.2, 0) is 4.79 Å². The van der Waals surface area contributed by atoms with Crippen molar-refractivity contribution in [2.24, 2.45) is 16.6 Å². The van der Waals surface area contributed by atoms with Crippen LogP contribution in [0.2, 0.25) is 0 Å². The van der Waals surface area contributed by atoms with E-state index < -0.39 is 0 Å². The smallest absolute Gasteiger partial charge is 0.141 e. The Labute approximate surface area is 79.9 Å². The number of rotatable bonds is 0. The molecule has 13 heavy (non-hydrogen) atoms. The zero-order valence-corrected chi connectivity index (χ0v) is 8.81. The molecule has 2 nitrogen and oxygen atoms in total. The van der Waals surface area contributed by atoms with E-state index in [1.54, 1.807) is 0 Å². The Morgan fingerprint density at radius 3 is 2.31 bits per heavy atom. The molecule has 0 aromatic carbocycles. The van der Waals surface area contributed by atoms with Crippen LogP contribution in [0.25, 0.3) is 0 Å². The molecule has 2 heteroatoms. The lowest BCUT2D eigenvalue weighted by atomic mass is 9.46. The van der Waals surface area contributed by atoms with Crippen LogP contribution in [0.1, 0.15) is 46.5 Å². The standard InChI is InChI=1S/C11H19NO/c1-9(2)7-11(12)5-4-10(9,3)8(13)6-11/h4-7,12H2,1-3H3/t10-,11+/m0/s1. The van der Waals surface area contributed by atoms with Crippen LogP contribution in [0.3, 0.4) is 0 Å². The number of carbonyl (C=O) groups is 1. The number of hydrogen-bond donors (Lipinski definition) is 1. The van der Waals surface area contributed by atoms with Gasteiger partial charge in [0.1, 0.15) is 5.78 Å². The maximum absolute atomic E-state index is 11.9. The number of Topliss-reactive ketones (excluding diaryl/α,β-unsaturated/α-hetero) is 1. The fourth-order valence-corrected chi connectivity index (χ4v) is 3.18. The highest BCUT2D eigenvalue weighted by atomic mass is 16.1. The molecule has 2 atom stereocenters. The minimum Gasteiger partial charge on any atom is -0.325 e. The molecule has 3 saturated carbocycles. The van der Waals surface area contributed by atoms with E-state index >= 15 is 0 Å². The van der Waals surface area contributed by atoms with Gasteiger partial charge in [0.2, 0.25) is 0 Å². The van der Waals surface area contributed by atoms with E-state index in [1.807, 2.05) is 0 Å². The van der Waals surface area contributed by atoms with E-state index in [9.17, 15) is 4.79 Å². The van der Waals surface area contributed by atoms with Crippen molar-refractivity contribution in [2.75, 3.05) is 0 Å². The summed E-state index contributed by atoms with van der Waals surface area (Å²) in [4.78, 5) is 11.9. The molecule has 2 N–H and O–H groups in total. The zero-order chi connectivity index (χ0) is 9.91. The van der Waals surface area contributed by atoms with Gasteiger partial charge < -0.3 is 5.73 Å². The molecule has 0 saturated heterocycles. The van der Waals surface area contributed by atoms with E-state index in [0.29, 0.717) is 12.2 Å². The summed E-state index contributed by atoms with van der Waals surface area (Å²) in [5.41, 5.74) is 6.01. The van der Waals surface area contributed by atoms with E-state index in [1.165, 1.54) is 0 Å². The van der Waals surface area contributed by atoms with Gasteiger partial charge in [-0.05, 0) is 24.7 Å². The molecule has 0 amide bonds. The Morgan fingerprint density at radius 2 is 1.85 bits per heavy atom. The van der Waals surface area contributed by atoms with Crippen LogP contribution in [0.5, 0.6) is 0 Å². The van der Waals surface area contributed by atoms with Gasteiger partial charge in [0.25, 0.3) is 0 Å². The lowest BCUT2D eigenvalue weighted by molar-refractivity contribution is -0.152. The second-order valence-electron chi connectivity index (χ2n) is 5.86. The first kappa shape index (κ1) is 9.20. The molecular formula is C11H19NO. The predicted octanol–water partition coefficient (Wildman–Crippen LogP) is 1.87. The van der Waals surface area contributed by atoms with Crippen molar-refractivity contribution < 1.29 is 4.79 Å². The molecule has 0 heterocycles. The molecule has 0 unspecified atom stereocenters. The molecule has 0 aromatic heterocycles. The summed E-state index contributed by atoms with van der Waals surface area (Å²) in [5, 5.41) is 0. The average Bonchev–Trinajstić information content (AvgIpc) is 1.93. The van der Waals surface area contributed by atoms with Gasteiger partial charge in [0.15, 0.2) is 0 Å². The molecule has 0 radical (unpaired) electrons. The summed E-state index contributed by atoms with van der Waals surface area (Å²) in [5.74, 6) is 0.387. The Bertz CT molecular complexity index is 271. The summed E-state index contributed by atoms with van der Waals surface area (Å²) in [6, 6.07) is 0. The summed E-state index contributed by atoms with van der Waals surface area (Å²) < 4.78 is 0. The maximum atomic E-state index is 11.9. The zero-order valence-electron chi connectivity index (χ0n) is 8.81. The van der Waals surface area contributed by atoms with Crippen LogP contribution in [0, 0.1) is 10.8 Å². The minimum atomic E-state index is -0.182. The Balaban J connectivity index is 2.44. The molecule has 3 aliphatic rings. The Morgan fingerprint density at radius 1 is 1.23 bits per heavy atom. The SMILES string of the molecule is CC1(C)C[C@@]2(N)CC[C@@]1(C)C(=O)C2. The molecule has 74 valence electrons. The van der Waals surface area contributed by atoms with Crippen molar-refractivity contribution in [2.45, 2.75) is 52.0 Å². The fraction of sp³-hybridized carbons (Fsp3) is 0.909. The third-order valence-corrected chi connectivity index (χ3v) is 4.54. The van der Waals surface area contributed by atoms with E-state index in [0.717, 1.165) is 19.3 Å². The quantitative estimate of drug-likeness (QED) is 0.620. The highest BCUT2D eigenvalue weighted by Gasteiger charge is 2.59. The third kappa shape index (κ3) is 1.01. The average molecular weight is 181 g/mol. The highest BCUT2D eigenvalue weighted by molar-refractivity contribution is 5.88. The van der Waals surface area contributed by atoms with Gasteiger partial charge in [0, 0.05) is 17.4 Å². The number of nitrogens with two attached hydrogens (primary N) is 1. The van der Waals surface area contributed by atoms with Gasteiger partial charge >= 0.3 is 0 Å². The largest absolute Gasteiger partial charge is 0.325 e. The normalized spacial score (nSPS) is 48.2.